The first-order valence-corrected chi connectivity index (χ1v) is 8.31. The Morgan fingerprint density at radius 3 is 2.50 bits per heavy atom. The van der Waals surface area contributed by atoms with Crippen LogP contribution >= 0.6 is 0 Å². The minimum Gasteiger partial charge on any atom is -0.326 e. The summed E-state index contributed by atoms with van der Waals surface area (Å²) in [5.74, 6) is 0.727. The maximum absolute atomic E-state index is 12.4. The van der Waals surface area contributed by atoms with Crippen LogP contribution < -0.4 is 5.32 Å². The van der Waals surface area contributed by atoms with Crippen molar-refractivity contribution in [2.24, 2.45) is 5.92 Å². The van der Waals surface area contributed by atoms with E-state index in [-0.39, 0.29) is 6.04 Å². The minimum absolute atomic E-state index is 0.0326. The molecule has 20 heavy (non-hydrogen) atoms. The lowest BCUT2D eigenvalue weighted by Crippen LogP contribution is -2.39. The van der Waals surface area contributed by atoms with E-state index in [4.69, 9.17) is 0 Å². The summed E-state index contributed by atoms with van der Waals surface area (Å²) in [5, 5.41) is 3.38. The van der Waals surface area contributed by atoms with E-state index in [1.807, 2.05) is 4.90 Å². The van der Waals surface area contributed by atoms with Crippen LogP contribution in [0.15, 0.2) is 0 Å². The van der Waals surface area contributed by atoms with Crippen LogP contribution in [-0.2, 0) is 4.79 Å². The van der Waals surface area contributed by atoms with Gasteiger partial charge in [-0.15, -0.1) is 0 Å². The maximum atomic E-state index is 12.4. The molecule has 0 aromatic heterocycles. The highest BCUT2D eigenvalue weighted by Gasteiger charge is 2.36. The monoisotopic (exact) mass is 283 g/mol. The Labute approximate surface area is 124 Å². The third-order valence-electron chi connectivity index (χ3n) is 4.77. The lowest BCUT2D eigenvalue weighted by molar-refractivity contribution is -0.131. The van der Waals surface area contributed by atoms with Gasteiger partial charge < -0.3 is 9.80 Å². The fourth-order valence-corrected chi connectivity index (χ4v) is 2.90. The van der Waals surface area contributed by atoms with Gasteiger partial charge in [0.1, 0.15) is 0 Å². The zero-order chi connectivity index (χ0) is 15.1. The normalized spacial score (nSPS) is 22.6. The van der Waals surface area contributed by atoms with Gasteiger partial charge in [0.15, 0.2) is 0 Å². The van der Waals surface area contributed by atoms with E-state index in [0.29, 0.717) is 17.9 Å². The van der Waals surface area contributed by atoms with Crippen LogP contribution in [0.3, 0.4) is 0 Å². The Hall–Kier alpha value is -0.610. The molecule has 4 nitrogen and oxygen atoms in total. The van der Waals surface area contributed by atoms with Crippen LogP contribution in [-0.4, -0.2) is 54.1 Å². The molecule has 0 bridgehead atoms. The lowest BCUT2D eigenvalue weighted by Gasteiger charge is -2.26. The number of hydrogen-bond donors (Lipinski definition) is 1. The smallest absolute Gasteiger partial charge is 0.241 e. The average Bonchev–Trinajstić information content (AvgIpc) is 2.84. The van der Waals surface area contributed by atoms with Gasteiger partial charge in [-0.25, -0.2) is 0 Å². The molecule has 4 heteroatoms. The molecule has 1 rings (SSSR count). The molecule has 1 N–H and O–H groups in total. The van der Waals surface area contributed by atoms with Crippen molar-refractivity contribution in [2.75, 3.05) is 26.3 Å². The van der Waals surface area contributed by atoms with Gasteiger partial charge in [0.05, 0.1) is 12.7 Å². The van der Waals surface area contributed by atoms with E-state index >= 15 is 0 Å². The van der Waals surface area contributed by atoms with Crippen molar-refractivity contribution in [3.63, 3.8) is 0 Å². The summed E-state index contributed by atoms with van der Waals surface area (Å²) in [5.41, 5.74) is 0. The first-order valence-electron chi connectivity index (χ1n) is 8.31. The highest BCUT2D eigenvalue weighted by Crippen LogP contribution is 2.19. The van der Waals surface area contributed by atoms with E-state index in [2.05, 4.69) is 44.8 Å². The molecular formula is C16H33N3O. The molecule has 0 aromatic carbocycles. The molecule has 0 radical (unpaired) electrons. The van der Waals surface area contributed by atoms with E-state index < -0.39 is 0 Å². The van der Waals surface area contributed by atoms with Gasteiger partial charge in [-0.3, -0.25) is 10.1 Å². The van der Waals surface area contributed by atoms with E-state index in [0.717, 1.165) is 39.1 Å². The van der Waals surface area contributed by atoms with Crippen LogP contribution in [0.25, 0.3) is 0 Å². The number of nitrogens with zero attached hydrogens (tertiary/aromatic N) is 2. The van der Waals surface area contributed by atoms with Gasteiger partial charge in [-0.2, -0.15) is 0 Å². The van der Waals surface area contributed by atoms with E-state index in [1.54, 1.807) is 0 Å². The van der Waals surface area contributed by atoms with Crippen LogP contribution in [0.5, 0.6) is 0 Å². The summed E-state index contributed by atoms with van der Waals surface area (Å²) < 4.78 is 0. The number of rotatable bonds is 9. The lowest BCUT2D eigenvalue weighted by atomic mass is 9.99. The molecule has 1 saturated heterocycles. The van der Waals surface area contributed by atoms with Crippen molar-refractivity contribution in [3.8, 4) is 0 Å². The second-order valence-corrected chi connectivity index (χ2v) is 6.05. The van der Waals surface area contributed by atoms with Crippen molar-refractivity contribution in [2.45, 2.75) is 66.0 Å². The van der Waals surface area contributed by atoms with Crippen molar-refractivity contribution in [1.29, 1.82) is 0 Å². The SMILES string of the molecule is CCC(C)C1NCN(C(C)CCCN(CC)CC)C1=O. The van der Waals surface area contributed by atoms with Gasteiger partial charge in [0, 0.05) is 6.04 Å². The highest BCUT2D eigenvalue weighted by atomic mass is 16.2. The quantitative estimate of drug-likeness (QED) is 0.705. The van der Waals surface area contributed by atoms with Crippen molar-refractivity contribution in [3.05, 3.63) is 0 Å². The number of nitrogens with one attached hydrogen (secondary N) is 1. The van der Waals surface area contributed by atoms with Gasteiger partial charge in [-0.1, -0.05) is 34.1 Å². The predicted octanol–water partition coefficient (Wildman–Crippen LogP) is 2.30. The molecule has 1 aliphatic rings. The maximum Gasteiger partial charge on any atom is 0.241 e. The van der Waals surface area contributed by atoms with Gasteiger partial charge >= 0.3 is 0 Å². The number of carbonyl (C=O) groups is 1. The topological polar surface area (TPSA) is 35.6 Å². The third-order valence-corrected chi connectivity index (χ3v) is 4.77. The first-order chi connectivity index (χ1) is 9.54. The Balaban J connectivity index is 2.37. The fourth-order valence-electron chi connectivity index (χ4n) is 2.90. The van der Waals surface area contributed by atoms with Crippen molar-refractivity contribution in [1.82, 2.24) is 15.1 Å². The predicted molar refractivity (Wildman–Crippen MR) is 84.6 cm³/mol. The molecule has 0 aliphatic carbocycles. The Kier molecular flexibility index (Phi) is 7.52. The zero-order valence-electron chi connectivity index (χ0n) is 14.0. The molecule has 0 spiro atoms. The molecule has 3 atom stereocenters. The van der Waals surface area contributed by atoms with Gasteiger partial charge in [0.2, 0.25) is 5.91 Å². The summed E-state index contributed by atoms with van der Waals surface area (Å²) in [7, 11) is 0. The molecule has 0 aromatic rings. The molecule has 1 aliphatic heterocycles. The molecule has 0 saturated carbocycles. The van der Waals surface area contributed by atoms with Crippen LogP contribution in [0, 0.1) is 5.92 Å². The van der Waals surface area contributed by atoms with Crippen LogP contribution in [0.2, 0.25) is 0 Å². The zero-order valence-corrected chi connectivity index (χ0v) is 14.0. The summed E-state index contributed by atoms with van der Waals surface area (Å²) in [6, 6.07) is 0.379. The summed E-state index contributed by atoms with van der Waals surface area (Å²) in [6.45, 7) is 15.0. The van der Waals surface area contributed by atoms with Gasteiger partial charge in [-0.05, 0) is 45.3 Å². The number of carbonyl (C=O) groups excluding carboxylic acids is 1. The number of hydrogen-bond acceptors (Lipinski definition) is 3. The Morgan fingerprint density at radius 2 is 1.95 bits per heavy atom. The molecule has 1 amide bonds. The molecule has 1 heterocycles. The molecule has 3 unspecified atom stereocenters. The fraction of sp³-hybridized carbons (Fsp3) is 0.938. The Bertz CT molecular complexity index is 291. The first kappa shape index (κ1) is 17.4. The number of amides is 1. The van der Waals surface area contributed by atoms with Crippen LogP contribution in [0.1, 0.15) is 53.9 Å². The van der Waals surface area contributed by atoms with E-state index in [1.165, 1.54) is 6.42 Å². The van der Waals surface area contributed by atoms with Crippen molar-refractivity contribution >= 4 is 5.91 Å². The summed E-state index contributed by atoms with van der Waals surface area (Å²) in [4.78, 5) is 16.9. The molecular weight excluding hydrogens is 250 g/mol. The highest BCUT2D eigenvalue weighted by molar-refractivity contribution is 5.84. The summed E-state index contributed by atoms with van der Waals surface area (Å²) >= 11 is 0. The van der Waals surface area contributed by atoms with Gasteiger partial charge in [0.25, 0.3) is 0 Å². The second kappa shape index (κ2) is 8.63. The molecule has 118 valence electrons. The van der Waals surface area contributed by atoms with Crippen LogP contribution in [0.4, 0.5) is 0 Å². The van der Waals surface area contributed by atoms with E-state index in [9.17, 15) is 4.79 Å². The minimum atomic E-state index is 0.0326. The summed E-state index contributed by atoms with van der Waals surface area (Å²) in [6.07, 6.45) is 3.31. The standard InChI is InChI=1S/C16H33N3O/c1-6-13(4)15-16(20)19(12-17-15)14(5)10-9-11-18(7-2)8-3/h13-15,17H,6-12H2,1-5H3. The largest absolute Gasteiger partial charge is 0.326 e. The molecule has 1 fully saturated rings. The average molecular weight is 283 g/mol. The second-order valence-electron chi connectivity index (χ2n) is 6.05. The third kappa shape index (κ3) is 4.45. The van der Waals surface area contributed by atoms with Crippen molar-refractivity contribution < 1.29 is 4.79 Å². The Morgan fingerprint density at radius 1 is 1.30 bits per heavy atom.